The zero-order valence-corrected chi connectivity index (χ0v) is 18.4. The second-order valence-electron chi connectivity index (χ2n) is 7.83. The summed E-state index contributed by atoms with van der Waals surface area (Å²) >= 11 is 0. The SMILES string of the molecule is N#Cc1ccc(C(=O)Cc2ccc(F)c([C@]3(CF)C[S@]4(=O)=NCCCCN4C(N)=N3)n2)nc1. The van der Waals surface area contributed by atoms with Crippen molar-refractivity contribution in [1.29, 1.82) is 5.26 Å². The Balaban J connectivity index is 1.71. The number of hydrogen-bond acceptors (Lipinski definition) is 8. The molecule has 33 heavy (non-hydrogen) atoms. The molecule has 2 aliphatic rings. The Kier molecular flexibility index (Phi) is 6.07. The number of nitriles is 1. The van der Waals surface area contributed by atoms with Crippen LogP contribution < -0.4 is 5.73 Å². The number of nitrogens with zero attached hydrogens (tertiary/aromatic N) is 6. The third-order valence-electron chi connectivity index (χ3n) is 5.50. The van der Waals surface area contributed by atoms with Gasteiger partial charge in [0.05, 0.1) is 24.3 Å². The summed E-state index contributed by atoms with van der Waals surface area (Å²) in [6.45, 7) is -0.498. The number of alkyl halides is 1. The molecule has 0 aliphatic carbocycles. The standard InChI is InChI=1S/C21H21F2N7O2S/c22-12-21(13-33(32)27-7-1-2-8-30(33)20(25)29-21)19-16(23)5-4-15(28-19)9-18(31)17-6-3-14(10-24)11-26-17/h3-6,11H,1-2,7-9,12-13H2,(H2,25,29)/t21-,33-/m0/s1. The fraction of sp³-hybridized carbons (Fsp3) is 0.381. The Bertz CT molecular complexity index is 1280. The number of halogens is 2. The maximum atomic E-state index is 14.9. The van der Waals surface area contributed by atoms with E-state index in [-0.39, 0.29) is 29.5 Å². The Labute approximate surface area is 189 Å². The lowest BCUT2D eigenvalue weighted by Gasteiger charge is -2.38. The summed E-state index contributed by atoms with van der Waals surface area (Å²) in [7, 11) is -3.14. The Morgan fingerprint density at radius 1 is 1.30 bits per heavy atom. The van der Waals surface area contributed by atoms with E-state index in [4.69, 9.17) is 11.0 Å². The first kappa shape index (κ1) is 22.7. The molecule has 0 fully saturated rings. The lowest BCUT2D eigenvalue weighted by molar-refractivity contribution is 0.0987. The minimum atomic E-state index is -3.14. The molecule has 0 bridgehead atoms. The second kappa shape index (κ2) is 8.82. The molecule has 2 atom stereocenters. The molecule has 0 radical (unpaired) electrons. The van der Waals surface area contributed by atoms with Crippen LogP contribution in [0.2, 0.25) is 0 Å². The Morgan fingerprint density at radius 2 is 2.12 bits per heavy atom. The number of hydrogen-bond donors (Lipinski definition) is 1. The molecule has 2 aromatic heterocycles. The van der Waals surface area contributed by atoms with Gasteiger partial charge >= 0.3 is 0 Å². The van der Waals surface area contributed by atoms with E-state index in [0.717, 1.165) is 6.07 Å². The van der Waals surface area contributed by atoms with Crippen molar-refractivity contribution < 1.29 is 17.8 Å². The molecule has 2 aromatic rings. The third-order valence-corrected chi connectivity index (χ3v) is 8.00. The summed E-state index contributed by atoms with van der Waals surface area (Å²) < 4.78 is 48.5. The second-order valence-corrected chi connectivity index (χ2v) is 10.0. The van der Waals surface area contributed by atoms with Gasteiger partial charge in [-0.3, -0.25) is 19.1 Å². The number of fused-ring (bicyclic) bond motifs is 1. The smallest absolute Gasteiger partial charge is 0.205 e. The van der Waals surface area contributed by atoms with Gasteiger partial charge < -0.3 is 5.73 Å². The first-order valence-corrected chi connectivity index (χ1v) is 11.9. The highest BCUT2D eigenvalue weighted by Crippen LogP contribution is 2.35. The van der Waals surface area contributed by atoms with Gasteiger partial charge in [-0.1, -0.05) is 0 Å². The van der Waals surface area contributed by atoms with Crippen molar-refractivity contribution in [3.63, 3.8) is 0 Å². The number of aromatic nitrogens is 2. The predicted octanol–water partition coefficient (Wildman–Crippen LogP) is 1.88. The molecule has 2 N–H and O–H groups in total. The van der Waals surface area contributed by atoms with Crippen molar-refractivity contribution in [1.82, 2.24) is 14.3 Å². The van der Waals surface area contributed by atoms with Crippen LogP contribution in [0.4, 0.5) is 8.78 Å². The van der Waals surface area contributed by atoms with Crippen LogP contribution in [0, 0.1) is 17.1 Å². The van der Waals surface area contributed by atoms with Crippen molar-refractivity contribution in [2.75, 3.05) is 25.5 Å². The maximum Gasteiger partial charge on any atom is 0.205 e. The monoisotopic (exact) mass is 473 g/mol. The largest absolute Gasteiger partial charge is 0.369 e. The summed E-state index contributed by atoms with van der Waals surface area (Å²) in [5, 5.41) is 8.85. The molecule has 0 saturated heterocycles. The first-order chi connectivity index (χ1) is 15.8. The quantitative estimate of drug-likeness (QED) is 0.658. The number of carbonyl (C=O) groups excluding carboxylic acids is 1. The molecule has 0 amide bonds. The molecule has 12 heteroatoms. The number of carbonyl (C=O) groups is 1. The van der Waals surface area contributed by atoms with E-state index in [1.165, 1.54) is 28.7 Å². The average Bonchev–Trinajstić information content (AvgIpc) is 3.01. The first-order valence-electron chi connectivity index (χ1n) is 10.2. The Hall–Kier alpha value is -3.46. The van der Waals surface area contributed by atoms with Crippen molar-refractivity contribution in [2.45, 2.75) is 24.8 Å². The van der Waals surface area contributed by atoms with Gasteiger partial charge in [0.1, 0.15) is 39.9 Å². The van der Waals surface area contributed by atoms with Gasteiger partial charge in [0.2, 0.25) is 5.96 Å². The van der Waals surface area contributed by atoms with Gasteiger partial charge in [-0.15, -0.1) is 0 Å². The topological polar surface area (TPSA) is 138 Å². The summed E-state index contributed by atoms with van der Waals surface area (Å²) in [5.74, 6) is -1.82. The summed E-state index contributed by atoms with van der Waals surface area (Å²) in [4.78, 5) is 25.0. The summed E-state index contributed by atoms with van der Waals surface area (Å²) in [5.41, 5.74) is 4.33. The highest BCUT2D eigenvalue weighted by Gasteiger charge is 2.47. The molecular formula is C21H21F2N7O2S. The van der Waals surface area contributed by atoms with Crippen LogP contribution >= 0.6 is 0 Å². The predicted molar refractivity (Wildman–Crippen MR) is 117 cm³/mol. The molecule has 9 nitrogen and oxygen atoms in total. The number of Topliss-reactive ketones (excluding diaryl/α,β-unsaturated/α-hetero) is 1. The number of ketones is 1. The highest BCUT2D eigenvalue weighted by atomic mass is 32.2. The summed E-state index contributed by atoms with van der Waals surface area (Å²) in [6.07, 6.45) is 2.44. The van der Waals surface area contributed by atoms with Crippen LogP contribution in [0.3, 0.4) is 0 Å². The molecule has 0 spiro atoms. The van der Waals surface area contributed by atoms with Crippen molar-refractivity contribution in [3.05, 3.63) is 58.9 Å². The van der Waals surface area contributed by atoms with Gasteiger partial charge in [-0.05, 0) is 37.1 Å². The fourth-order valence-corrected chi connectivity index (χ4v) is 6.28. The number of guanidine groups is 1. The van der Waals surface area contributed by atoms with E-state index in [1.54, 1.807) is 0 Å². The van der Waals surface area contributed by atoms with Crippen molar-refractivity contribution >= 4 is 21.7 Å². The van der Waals surface area contributed by atoms with Gasteiger partial charge in [-0.2, -0.15) is 5.26 Å². The van der Waals surface area contributed by atoms with E-state index in [1.807, 2.05) is 6.07 Å². The highest BCUT2D eigenvalue weighted by molar-refractivity contribution is 7.92. The maximum absolute atomic E-state index is 14.9. The average molecular weight is 474 g/mol. The van der Waals surface area contributed by atoms with E-state index < -0.39 is 39.5 Å². The lowest BCUT2D eigenvalue weighted by Crippen LogP contribution is -2.54. The van der Waals surface area contributed by atoms with Gasteiger partial charge in [0.15, 0.2) is 11.3 Å². The number of aliphatic imine (C=N–C) groups is 1. The molecule has 0 saturated carbocycles. The Morgan fingerprint density at radius 3 is 2.82 bits per heavy atom. The molecule has 0 unspecified atom stereocenters. The van der Waals surface area contributed by atoms with Crippen LogP contribution in [-0.4, -0.2) is 55.7 Å². The van der Waals surface area contributed by atoms with E-state index >= 15 is 0 Å². The molecule has 4 rings (SSSR count). The fourth-order valence-electron chi connectivity index (χ4n) is 3.83. The number of rotatable bonds is 5. The lowest BCUT2D eigenvalue weighted by atomic mass is 9.97. The van der Waals surface area contributed by atoms with Crippen LogP contribution in [-0.2, 0) is 21.9 Å². The number of nitrogens with two attached hydrogens (primary N) is 1. The van der Waals surface area contributed by atoms with Gasteiger partial charge in [0, 0.05) is 18.4 Å². The zero-order valence-electron chi connectivity index (χ0n) is 17.6. The minimum absolute atomic E-state index is 0.109. The van der Waals surface area contributed by atoms with Crippen molar-refractivity contribution in [3.8, 4) is 6.07 Å². The zero-order chi connectivity index (χ0) is 23.6. The molecule has 172 valence electrons. The van der Waals surface area contributed by atoms with E-state index in [0.29, 0.717) is 31.5 Å². The number of pyridine rings is 2. The normalized spacial score (nSPS) is 24.6. The third kappa shape index (κ3) is 4.28. The minimum Gasteiger partial charge on any atom is -0.369 e. The van der Waals surface area contributed by atoms with Crippen LogP contribution in [0.25, 0.3) is 0 Å². The van der Waals surface area contributed by atoms with E-state index in [2.05, 4.69) is 19.3 Å². The van der Waals surface area contributed by atoms with Crippen LogP contribution in [0.5, 0.6) is 0 Å². The van der Waals surface area contributed by atoms with E-state index in [9.17, 15) is 17.8 Å². The molecular weight excluding hydrogens is 452 g/mol. The van der Waals surface area contributed by atoms with Crippen molar-refractivity contribution in [2.24, 2.45) is 15.1 Å². The van der Waals surface area contributed by atoms with Crippen LogP contribution in [0.1, 0.15) is 40.3 Å². The van der Waals surface area contributed by atoms with Gasteiger partial charge in [-0.25, -0.2) is 22.3 Å². The molecule has 4 heterocycles. The van der Waals surface area contributed by atoms with Gasteiger partial charge in [0.25, 0.3) is 0 Å². The van der Waals surface area contributed by atoms with Crippen LogP contribution in [0.15, 0.2) is 39.8 Å². The summed E-state index contributed by atoms with van der Waals surface area (Å²) in [6, 6.07) is 7.16. The molecule has 0 aromatic carbocycles. The molecule has 2 aliphatic heterocycles.